The molecule has 0 nitrogen and oxygen atoms in total. The van der Waals surface area contributed by atoms with Crippen LogP contribution in [0.15, 0.2) is 64.0 Å². The molecule has 0 aromatic heterocycles. The fourth-order valence-electron chi connectivity index (χ4n) is 5.56. The first-order valence-electron chi connectivity index (χ1n) is 10.7. The van der Waals surface area contributed by atoms with Crippen LogP contribution in [0, 0.1) is 0 Å². The maximum Gasteiger partial charge on any atom is -1.00 e. The van der Waals surface area contributed by atoms with Crippen molar-refractivity contribution >= 4 is 11.4 Å². The molecule has 1 saturated heterocycles. The van der Waals surface area contributed by atoms with Crippen LogP contribution in [-0.4, -0.2) is 8.07 Å². The van der Waals surface area contributed by atoms with Gasteiger partial charge in [-0.25, -0.2) is 0 Å². The van der Waals surface area contributed by atoms with Gasteiger partial charge in [0.2, 0.25) is 0 Å². The van der Waals surface area contributed by atoms with Crippen molar-refractivity contribution in [2.75, 3.05) is 0 Å². The van der Waals surface area contributed by atoms with E-state index in [1.165, 1.54) is 25.7 Å². The van der Waals surface area contributed by atoms with Gasteiger partial charge >= 0.3 is 177 Å². The Balaban J connectivity index is 0.00000120. The molecule has 1 heterocycles. The molecular formula is C25H28Cl2HfSi. The minimum atomic E-state index is -1.22. The van der Waals surface area contributed by atoms with Crippen LogP contribution in [0.5, 0.6) is 0 Å². The quantitative estimate of drug-likeness (QED) is 0.422. The fourth-order valence-corrected chi connectivity index (χ4v) is 16.4. The first-order valence-corrected chi connectivity index (χ1v) is 17.0. The Morgan fingerprint density at radius 1 is 1.00 bits per heavy atom. The van der Waals surface area contributed by atoms with E-state index in [-0.39, 0.29) is 24.8 Å². The minimum Gasteiger partial charge on any atom is -1.00 e. The van der Waals surface area contributed by atoms with Gasteiger partial charge in [-0.2, -0.15) is 0 Å². The van der Waals surface area contributed by atoms with Crippen molar-refractivity contribution in [3.05, 3.63) is 75.1 Å². The third kappa shape index (κ3) is 4.07. The summed E-state index contributed by atoms with van der Waals surface area (Å²) in [7, 11) is -1.22. The number of hydrogen-bond acceptors (Lipinski definition) is 0. The Morgan fingerprint density at radius 3 is 2.48 bits per heavy atom. The van der Waals surface area contributed by atoms with E-state index in [9.17, 15) is 0 Å². The first kappa shape index (κ1) is 23.3. The summed E-state index contributed by atoms with van der Waals surface area (Å²) in [6.07, 6.45) is 12.6. The summed E-state index contributed by atoms with van der Waals surface area (Å²) in [4.78, 5) is 0. The van der Waals surface area contributed by atoms with Gasteiger partial charge < -0.3 is 24.8 Å². The second kappa shape index (κ2) is 9.81. The summed E-state index contributed by atoms with van der Waals surface area (Å²) >= 11 is -0.935. The van der Waals surface area contributed by atoms with Gasteiger partial charge in [-0.1, -0.05) is 0 Å². The summed E-state index contributed by atoms with van der Waals surface area (Å²) in [6, 6.07) is 21.4. The molecule has 2 aromatic rings. The van der Waals surface area contributed by atoms with Crippen molar-refractivity contribution in [1.29, 1.82) is 0 Å². The van der Waals surface area contributed by atoms with Gasteiger partial charge in [0, 0.05) is 0 Å². The van der Waals surface area contributed by atoms with E-state index in [1.807, 2.05) is 5.56 Å². The van der Waals surface area contributed by atoms with Crippen LogP contribution >= 0.6 is 0 Å². The molecule has 0 amide bonds. The summed E-state index contributed by atoms with van der Waals surface area (Å²) in [6.45, 7) is 2.37. The molecule has 0 saturated carbocycles. The Hall–Kier alpha value is -0.413. The molecule has 1 unspecified atom stereocenters. The van der Waals surface area contributed by atoms with Gasteiger partial charge in [-0.05, 0) is 0 Å². The second-order valence-electron chi connectivity index (χ2n) is 8.56. The molecule has 2 aliphatic carbocycles. The third-order valence-electron chi connectivity index (χ3n) is 7.01. The Bertz CT molecular complexity index is 930. The van der Waals surface area contributed by atoms with Crippen LogP contribution in [0.25, 0.3) is 11.1 Å². The van der Waals surface area contributed by atoms with E-state index >= 15 is 0 Å². The molecule has 0 N–H and O–H groups in total. The van der Waals surface area contributed by atoms with Crippen LogP contribution in [0.2, 0.25) is 18.1 Å². The molecule has 2 aromatic carbocycles. The van der Waals surface area contributed by atoms with Crippen LogP contribution in [-0.2, 0) is 22.9 Å². The van der Waals surface area contributed by atoms with Gasteiger partial charge in [0.1, 0.15) is 0 Å². The number of halogens is 2. The monoisotopic (exact) mass is 606 g/mol. The van der Waals surface area contributed by atoms with Crippen LogP contribution in [0.4, 0.5) is 0 Å². The van der Waals surface area contributed by atoms with Gasteiger partial charge in [-0.15, -0.1) is 0 Å². The number of benzene rings is 2. The van der Waals surface area contributed by atoms with Gasteiger partial charge in [0.15, 0.2) is 0 Å². The van der Waals surface area contributed by atoms with Crippen molar-refractivity contribution in [2.24, 2.45) is 0 Å². The summed E-state index contributed by atoms with van der Waals surface area (Å²) in [5.74, 6) is 0. The van der Waals surface area contributed by atoms with Crippen LogP contribution in [0.3, 0.4) is 0 Å². The fraction of sp³-hybridized carbons (Fsp3) is 0.360. The van der Waals surface area contributed by atoms with Crippen molar-refractivity contribution in [1.82, 2.24) is 0 Å². The van der Waals surface area contributed by atoms with Crippen LogP contribution in [0.1, 0.15) is 49.3 Å². The molecule has 3 aliphatic rings. The van der Waals surface area contributed by atoms with E-state index in [4.69, 9.17) is 0 Å². The number of fused-ring (bicyclic) bond motifs is 3. The third-order valence-corrected chi connectivity index (χ3v) is 17.9. The summed E-state index contributed by atoms with van der Waals surface area (Å²) in [5.41, 5.74) is 7.48. The van der Waals surface area contributed by atoms with Crippen molar-refractivity contribution in [3.63, 3.8) is 0 Å². The average Bonchev–Trinajstić information content (AvgIpc) is 3.29. The number of unbranched alkanes of at least 4 members (excludes halogenated alkanes) is 1. The van der Waals surface area contributed by atoms with Crippen molar-refractivity contribution < 1.29 is 47.7 Å². The van der Waals surface area contributed by atoms with Gasteiger partial charge in [0.05, 0.1) is 0 Å². The number of allylic oxidation sites excluding steroid dienone is 4. The second-order valence-corrected chi connectivity index (χ2v) is 18.5. The van der Waals surface area contributed by atoms with Crippen LogP contribution < -0.4 is 28.1 Å². The minimum absolute atomic E-state index is 0. The molecule has 1 atom stereocenters. The van der Waals surface area contributed by atoms with Gasteiger partial charge in [0.25, 0.3) is 0 Å². The van der Waals surface area contributed by atoms with Crippen molar-refractivity contribution in [2.45, 2.75) is 56.3 Å². The zero-order valence-corrected chi connectivity index (χ0v) is 23.2. The normalized spacial score (nSPS) is 19.8. The van der Waals surface area contributed by atoms with E-state index < -0.39 is 31.0 Å². The largest absolute Gasteiger partial charge is 1.00 e. The van der Waals surface area contributed by atoms with E-state index in [0.717, 1.165) is 5.54 Å². The maximum absolute atomic E-state index is 2.51. The molecule has 1 fully saturated rings. The Kier molecular flexibility index (Phi) is 7.87. The summed E-state index contributed by atoms with van der Waals surface area (Å²) in [5, 5.41) is 0. The Labute approximate surface area is 200 Å². The predicted octanol–water partition coefficient (Wildman–Crippen LogP) is 0.550. The Morgan fingerprint density at radius 2 is 1.79 bits per heavy atom. The molecule has 29 heavy (non-hydrogen) atoms. The van der Waals surface area contributed by atoms with E-state index in [1.54, 1.807) is 41.5 Å². The number of rotatable bonds is 6. The molecule has 5 rings (SSSR count). The maximum atomic E-state index is 2.51. The average molecular weight is 606 g/mol. The number of hydrogen-bond donors (Lipinski definition) is 0. The van der Waals surface area contributed by atoms with E-state index in [2.05, 4.69) is 67.6 Å². The topological polar surface area (TPSA) is 0 Å². The standard InChI is InChI=1S/C20H23Si.C5H5.2ClH.Hf/c1-2-3-13-21(14-8-15-21)20-18-11-6-4-9-16(18)17-10-5-7-12-19(17)20;1-2-4-5-3-1;;;/h4-7,9-11,20H,2-3,8,13-15H2,1H3;1-3H,4H2;2*1H;/q;;;;+2/p-2. The molecule has 4 heteroatoms. The molecule has 1 aliphatic heterocycles. The molecule has 0 radical (unpaired) electrons. The molecule has 150 valence electrons. The molecule has 0 bridgehead atoms. The zero-order valence-electron chi connectivity index (χ0n) is 17.1. The SMILES string of the molecule is CCCC[Si]1(C2c3ccccc3-c3ccc[c]([Hf+2][C]4=CC=CC4)c32)CCC1.[Cl-].[Cl-]. The predicted molar refractivity (Wildman–Crippen MR) is 115 cm³/mol. The molecule has 0 spiro atoms. The van der Waals surface area contributed by atoms with Crippen molar-refractivity contribution in [3.8, 4) is 11.1 Å². The smallest absolute Gasteiger partial charge is 1.00 e. The molecular weight excluding hydrogens is 578 g/mol. The summed E-state index contributed by atoms with van der Waals surface area (Å²) < 4.78 is 3.58. The zero-order chi connectivity index (χ0) is 18.3. The van der Waals surface area contributed by atoms with Gasteiger partial charge in [-0.3, -0.25) is 0 Å². The first-order chi connectivity index (χ1) is 13.3. The van der Waals surface area contributed by atoms with E-state index in [0.29, 0.717) is 0 Å².